The largest absolute Gasteiger partial charge is 0.352 e. The van der Waals surface area contributed by atoms with Gasteiger partial charge in [-0.1, -0.05) is 65.9 Å². The van der Waals surface area contributed by atoms with Crippen LogP contribution in [0.4, 0.5) is 4.39 Å². The zero-order valence-electron chi connectivity index (χ0n) is 19.4. The molecule has 0 bridgehead atoms. The average molecular weight is 511 g/mol. The smallest absolute Gasteiger partial charge is 0.220 e. The third kappa shape index (κ3) is 7.54. The number of nitrogens with one attached hydrogen (secondary N) is 1. The predicted octanol–water partition coefficient (Wildman–Crippen LogP) is 6.02. The van der Waals surface area contributed by atoms with Crippen LogP contribution in [0.15, 0.2) is 83.6 Å². The van der Waals surface area contributed by atoms with E-state index in [1.165, 1.54) is 17.7 Å². The number of amides is 1. The molecule has 1 unspecified atom stereocenters. The van der Waals surface area contributed by atoms with E-state index < -0.39 is 0 Å². The Hall–Kier alpha value is -2.90. The monoisotopic (exact) mass is 510 g/mol. The van der Waals surface area contributed by atoms with Gasteiger partial charge in [-0.25, -0.2) is 4.39 Å². The summed E-state index contributed by atoms with van der Waals surface area (Å²) in [6.07, 6.45) is 9.72. The van der Waals surface area contributed by atoms with Crippen molar-refractivity contribution >= 4 is 29.3 Å². The number of unbranched alkanes of at least 4 members (excludes halogenated alkanes) is 1. The second kappa shape index (κ2) is 12.7. The minimum atomic E-state index is -0.280. The molecule has 0 radical (unpaired) electrons. The Morgan fingerprint density at radius 3 is 2.69 bits per heavy atom. The van der Waals surface area contributed by atoms with Crippen LogP contribution in [0.1, 0.15) is 37.1 Å². The van der Waals surface area contributed by atoms with Crippen molar-refractivity contribution in [2.45, 2.75) is 49.2 Å². The van der Waals surface area contributed by atoms with Crippen LogP contribution in [-0.4, -0.2) is 31.8 Å². The van der Waals surface area contributed by atoms with Crippen LogP contribution in [0.3, 0.4) is 0 Å². The Balaban J connectivity index is 1.31. The van der Waals surface area contributed by atoms with Crippen molar-refractivity contribution in [3.05, 3.63) is 95.6 Å². The van der Waals surface area contributed by atoms with Gasteiger partial charge in [-0.05, 0) is 49.1 Å². The summed E-state index contributed by atoms with van der Waals surface area (Å²) in [7, 11) is 0. The number of carbonyl (C=O) groups excluding carboxylic acids is 1. The summed E-state index contributed by atoms with van der Waals surface area (Å²) in [6.45, 7) is 0.402. The Bertz CT molecular complexity index is 1180. The summed E-state index contributed by atoms with van der Waals surface area (Å²) in [6, 6.07) is 16.3. The summed E-state index contributed by atoms with van der Waals surface area (Å²) in [5.74, 6) is 1.41. The molecular formula is C27H28ClFN4OS. The number of halogens is 2. The van der Waals surface area contributed by atoms with Crippen molar-refractivity contribution in [1.29, 1.82) is 0 Å². The summed E-state index contributed by atoms with van der Waals surface area (Å²) < 4.78 is 15.1. The molecule has 2 aromatic carbocycles. The highest BCUT2D eigenvalue weighted by Gasteiger charge is 2.16. The molecule has 1 amide bonds. The molecule has 1 aliphatic carbocycles. The van der Waals surface area contributed by atoms with E-state index in [1.54, 1.807) is 23.9 Å². The summed E-state index contributed by atoms with van der Waals surface area (Å²) in [5, 5.41) is 12.7. The third-order valence-corrected chi connectivity index (χ3v) is 7.00. The fourth-order valence-corrected chi connectivity index (χ4v) is 5.06. The van der Waals surface area contributed by atoms with E-state index >= 15 is 0 Å². The summed E-state index contributed by atoms with van der Waals surface area (Å²) >= 11 is 7.92. The van der Waals surface area contributed by atoms with E-state index in [-0.39, 0.29) is 17.1 Å². The zero-order chi connectivity index (χ0) is 24.5. The maximum Gasteiger partial charge on any atom is 0.220 e. The molecule has 4 rings (SSSR count). The van der Waals surface area contributed by atoms with E-state index in [0.29, 0.717) is 13.0 Å². The van der Waals surface area contributed by atoms with E-state index in [1.807, 2.05) is 30.4 Å². The number of hydrogen-bond donors (Lipinski definition) is 1. The van der Waals surface area contributed by atoms with Crippen LogP contribution in [0.2, 0.25) is 0 Å². The van der Waals surface area contributed by atoms with Crippen molar-refractivity contribution < 1.29 is 9.18 Å². The van der Waals surface area contributed by atoms with Crippen molar-refractivity contribution in [3.63, 3.8) is 0 Å². The number of allylic oxidation sites excluding steroid dienone is 3. The zero-order valence-corrected chi connectivity index (χ0v) is 20.9. The number of carbonyl (C=O) groups is 1. The highest BCUT2D eigenvalue weighted by atomic mass is 35.5. The van der Waals surface area contributed by atoms with Gasteiger partial charge in [0.05, 0.1) is 5.38 Å². The topological polar surface area (TPSA) is 59.8 Å². The minimum absolute atomic E-state index is 0.0116. The lowest BCUT2D eigenvalue weighted by Gasteiger charge is -2.14. The first-order chi connectivity index (χ1) is 17.1. The third-order valence-electron chi connectivity index (χ3n) is 5.67. The van der Waals surface area contributed by atoms with Gasteiger partial charge in [0.25, 0.3) is 0 Å². The van der Waals surface area contributed by atoms with Gasteiger partial charge in [0, 0.05) is 30.8 Å². The van der Waals surface area contributed by atoms with Crippen molar-refractivity contribution in [1.82, 2.24) is 20.1 Å². The van der Waals surface area contributed by atoms with E-state index in [9.17, 15) is 9.18 Å². The lowest BCUT2D eigenvalue weighted by atomic mass is 10.1. The fraction of sp³-hybridized carbons (Fsp3) is 0.296. The lowest BCUT2D eigenvalue weighted by molar-refractivity contribution is -0.121. The molecule has 0 saturated heterocycles. The predicted molar refractivity (Wildman–Crippen MR) is 139 cm³/mol. The molecule has 0 fully saturated rings. The first kappa shape index (κ1) is 25.2. The van der Waals surface area contributed by atoms with Crippen molar-refractivity contribution in [3.8, 4) is 5.69 Å². The first-order valence-electron chi connectivity index (χ1n) is 11.7. The number of hydrogen-bond acceptors (Lipinski definition) is 4. The van der Waals surface area contributed by atoms with E-state index in [2.05, 4.69) is 38.3 Å². The van der Waals surface area contributed by atoms with E-state index in [4.69, 9.17) is 11.6 Å². The molecule has 1 heterocycles. The molecule has 0 spiro atoms. The molecule has 5 nitrogen and oxygen atoms in total. The quantitative estimate of drug-likeness (QED) is 0.194. The lowest BCUT2D eigenvalue weighted by Crippen LogP contribution is -2.22. The van der Waals surface area contributed by atoms with Gasteiger partial charge in [-0.2, -0.15) is 0 Å². The van der Waals surface area contributed by atoms with Crippen LogP contribution in [-0.2, 0) is 17.8 Å². The normalized spacial score (nSPS) is 15.1. The molecule has 8 heteroatoms. The Morgan fingerprint density at radius 2 is 1.91 bits per heavy atom. The van der Waals surface area contributed by atoms with Gasteiger partial charge >= 0.3 is 0 Å². The van der Waals surface area contributed by atoms with Crippen LogP contribution in [0.25, 0.3) is 5.69 Å². The van der Waals surface area contributed by atoms with Gasteiger partial charge in [-0.15, -0.1) is 21.8 Å². The van der Waals surface area contributed by atoms with Crippen molar-refractivity contribution in [2.24, 2.45) is 0 Å². The van der Waals surface area contributed by atoms with Crippen LogP contribution in [0, 0.1) is 5.82 Å². The molecule has 3 aromatic rings. The molecular weight excluding hydrogens is 483 g/mol. The average Bonchev–Trinajstić information content (AvgIpc) is 3.28. The Morgan fingerprint density at radius 1 is 1.11 bits per heavy atom. The van der Waals surface area contributed by atoms with Crippen molar-refractivity contribution in [2.75, 3.05) is 5.75 Å². The number of aryl methyl sites for hydroxylation is 1. The van der Waals surface area contributed by atoms with Gasteiger partial charge in [-0.3, -0.25) is 9.36 Å². The second-order valence-electron chi connectivity index (χ2n) is 8.40. The van der Waals surface area contributed by atoms with Crippen LogP contribution >= 0.6 is 23.4 Å². The number of rotatable bonds is 11. The molecule has 182 valence electrons. The number of thioether (sulfide) groups is 1. The van der Waals surface area contributed by atoms with Gasteiger partial charge in [0.15, 0.2) is 5.16 Å². The van der Waals surface area contributed by atoms with Gasteiger partial charge in [0.2, 0.25) is 5.91 Å². The molecule has 1 aliphatic rings. The standard InChI is InChI=1S/C27H28ClFN4OS/c28-22-8-6-7-21(17-22)19-35-27-32-31-25(33(27)24-9-2-1-3-10-24)11-4-5-12-26(34)30-18-20-13-15-23(29)16-14-20/h1-3,6-10,13-16,22H,4-5,11-12,17-19H2,(H,30,34). The number of aromatic nitrogens is 3. The maximum atomic E-state index is 13.0. The number of alkyl halides is 1. The highest BCUT2D eigenvalue weighted by Crippen LogP contribution is 2.27. The molecule has 1 atom stereocenters. The van der Waals surface area contributed by atoms with Gasteiger partial charge in [0.1, 0.15) is 11.6 Å². The molecule has 1 N–H and O–H groups in total. The fourth-order valence-electron chi connectivity index (χ4n) is 3.82. The SMILES string of the molecule is O=C(CCCCc1nnc(SCC2=CC=CC(Cl)C2)n1-c1ccccc1)NCc1ccc(F)cc1. The first-order valence-corrected chi connectivity index (χ1v) is 13.1. The van der Waals surface area contributed by atoms with Gasteiger partial charge < -0.3 is 5.32 Å². The molecule has 0 saturated carbocycles. The number of nitrogens with zero attached hydrogens (tertiary/aromatic N) is 3. The second-order valence-corrected chi connectivity index (χ2v) is 9.90. The highest BCUT2D eigenvalue weighted by molar-refractivity contribution is 7.99. The molecule has 0 aliphatic heterocycles. The number of benzene rings is 2. The van der Waals surface area contributed by atoms with E-state index in [0.717, 1.165) is 53.7 Å². The number of para-hydroxylation sites is 1. The Labute approximate surface area is 214 Å². The molecule has 1 aromatic heterocycles. The van der Waals surface area contributed by atoms with Crippen LogP contribution in [0.5, 0.6) is 0 Å². The maximum absolute atomic E-state index is 13.0. The minimum Gasteiger partial charge on any atom is -0.352 e. The summed E-state index contributed by atoms with van der Waals surface area (Å²) in [5.41, 5.74) is 3.19. The summed E-state index contributed by atoms with van der Waals surface area (Å²) in [4.78, 5) is 12.2. The van der Waals surface area contributed by atoms with Crippen LogP contribution < -0.4 is 5.32 Å². The Kier molecular flexibility index (Phi) is 9.15. The molecule has 35 heavy (non-hydrogen) atoms.